The Balaban J connectivity index is 2.01. The van der Waals surface area contributed by atoms with Gasteiger partial charge < -0.3 is 9.84 Å². The van der Waals surface area contributed by atoms with Crippen molar-refractivity contribution in [2.75, 3.05) is 6.61 Å². The van der Waals surface area contributed by atoms with Crippen LogP contribution in [-0.4, -0.2) is 17.3 Å². The van der Waals surface area contributed by atoms with Crippen molar-refractivity contribution in [2.45, 2.75) is 64.9 Å². The number of hydrogen-bond donors (Lipinski definition) is 1. The standard InChI is InChI=1S/C25H30O2/c1-6-24(17-27-24)14-13-20-9-10-21(15-18(20)4)25(7-2,8-3)22-11-12-23(26)19(5)16-22/h9-12,15-16,26H,6-8,17H2,1-5H3. The van der Waals surface area contributed by atoms with Gasteiger partial charge in [-0.25, -0.2) is 0 Å². The van der Waals surface area contributed by atoms with E-state index in [4.69, 9.17) is 4.74 Å². The minimum Gasteiger partial charge on any atom is -0.508 e. The third-order valence-corrected chi connectivity index (χ3v) is 6.22. The van der Waals surface area contributed by atoms with Crippen LogP contribution in [0.3, 0.4) is 0 Å². The molecule has 3 rings (SSSR count). The van der Waals surface area contributed by atoms with Crippen LogP contribution in [0.25, 0.3) is 0 Å². The van der Waals surface area contributed by atoms with Crippen molar-refractivity contribution in [1.29, 1.82) is 0 Å². The zero-order chi connectivity index (χ0) is 19.7. The van der Waals surface area contributed by atoms with Gasteiger partial charge in [0.25, 0.3) is 0 Å². The number of aromatic hydroxyl groups is 1. The fraction of sp³-hybridized carbons (Fsp3) is 0.440. The zero-order valence-corrected chi connectivity index (χ0v) is 17.1. The van der Waals surface area contributed by atoms with E-state index in [1.165, 1.54) is 16.7 Å². The molecule has 2 heteroatoms. The van der Waals surface area contributed by atoms with Crippen molar-refractivity contribution in [3.63, 3.8) is 0 Å². The molecule has 1 N–H and O–H groups in total. The van der Waals surface area contributed by atoms with E-state index in [1.54, 1.807) is 0 Å². The molecule has 142 valence electrons. The van der Waals surface area contributed by atoms with Crippen LogP contribution in [0.15, 0.2) is 36.4 Å². The van der Waals surface area contributed by atoms with Crippen molar-refractivity contribution in [3.8, 4) is 17.6 Å². The third kappa shape index (κ3) is 3.62. The molecule has 0 amide bonds. The van der Waals surface area contributed by atoms with E-state index < -0.39 is 0 Å². The van der Waals surface area contributed by atoms with Crippen molar-refractivity contribution < 1.29 is 9.84 Å². The van der Waals surface area contributed by atoms with Crippen LogP contribution >= 0.6 is 0 Å². The van der Waals surface area contributed by atoms with Crippen LogP contribution < -0.4 is 0 Å². The summed E-state index contributed by atoms with van der Waals surface area (Å²) in [6.45, 7) is 11.4. The maximum absolute atomic E-state index is 9.93. The van der Waals surface area contributed by atoms with Crippen LogP contribution in [0, 0.1) is 25.7 Å². The number of epoxide rings is 1. The van der Waals surface area contributed by atoms with Crippen molar-refractivity contribution in [3.05, 3.63) is 64.2 Å². The first-order valence-electron chi connectivity index (χ1n) is 9.98. The minimum absolute atomic E-state index is 0.0561. The Kier molecular flexibility index (Phi) is 5.36. The average Bonchev–Trinajstić information content (AvgIpc) is 3.46. The molecule has 0 radical (unpaired) electrons. The fourth-order valence-electron chi connectivity index (χ4n) is 3.92. The molecule has 0 saturated carbocycles. The van der Waals surface area contributed by atoms with Crippen LogP contribution in [0.5, 0.6) is 5.75 Å². The van der Waals surface area contributed by atoms with Gasteiger partial charge in [0.2, 0.25) is 0 Å². The third-order valence-electron chi connectivity index (χ3n) is 6.22. The molecule has 2 nitrogen and oxygen atoms in total. The van der Waals surface area contributed by atoms with E-state index >= 15 is 0 Å². The van der Waals surface area contributed by atoms with Gasteiger partial charge in [0, 0.05) is 11.0 Å². The first-order chi connectivity index (χ1) is 12.9. The lowest BCUT2D eigenvalue weighted by Gasteiger charge is -2.34. The molecule has 1 heterocycles. The van der Waals surface area contributed by atoms with Gasteiger partial charge in [0.15, 0.2) is 5.60 Å². The summed E-state index contributed by atoms with van der Waals surface area (Å²) in [4.78, 5) is 0. The molecule has 27 heavy (non-hydrogen) atoms. The number of aryl methyl sites for hydroxylation is 2. The normalized spacial score (nSPS) is 18.7. The Hall–Kier alpha value is -2.24. The zero-order valence-electron chi connectivity index (χ0n) is 17.1. The largest absolute Gasteiger partial charge is 0.508 e. The summed E-state index contributed by atoms with van der Waals surface area (Å²) in [5.41, 5.74) is 5.52. The van der Waals surface area contributed by atoms with E-state index in [-0.39, 0.29) is 11.0 Å². The van der Waals surface area contributed by atoms with E-state index in [0.29, 0.717) is 5.75 Å². The van der Waals surface area contributed by atoms with Crippen molar-refractivity contribution >= 4 is 0 Å². The molecule has 1 atom stereocenters. The van der Waals surface area contributed by atoms with Gasteiger partial charge in [-0.15, -0.1) is 0 Å². The number of phenols is 1. The van der Waals surface area contributed by atoms with Gasteiger partial charge in [-0.3, -0.25) is 0 Å². The number of phenolic OH excluding ortho intramolecular Hbond substituents is 1. The van der Waals surface area contributed by atoms with Crippen LogP contribution in [0.1, 0.15) is 67.9 Å². The molecule has 0 aliphatic carbocycles. The Morgan fingerprint density at radius 1 is 1.00 bits per heavy atom. The monoisotopic (exact) mass is 362 g/mol. The lowest BCUT2D eigenvalue weighted by molar-refractivity contribution is 0.353. The van der Waals surface area contributed by atoms with Gasteiger partial charge >= 0.3 is 0 Å². The molecule has 1 aliphatic rings. The number of benzene rings is 2. The second-order valence-electron chi connectivity index (χ2n) is 7.71. The molecular weight excluding hydrogens is 332 g/mol. The number of ether oxygens (including phenoxy) is 1. The van der Waals surface area contributed by atoms with Gasteiger partial charge in [0.1, 0.15) is 5.75 Å². The highest BCUT2D eigenvalue weighted by molar-refractivity contribution is 5.50. The summed E-state index contributed by atoms with van der Waals surface area (Å²) >= 11 is 0. The number of hydrogen-bond acceptors (Lipinski definition) is 2. The maximum Gasteiger partial charge on any atom is 0.152 e. The highest BCUT2D eigenvalue weighted by Gasteiger charge is 2.41. The fourth-order valence-corrected chi connectivity index (χ4v) is 3.92. The SMILES string of the molecule is CCC1(C#Cc2ccc(C(CC)(CC)c3ccc(O)c(C)c3)cc2C)CO1. The molecule has 0 aromatic heterocycles. The predicted octanol–water partition coefficient (Wildman–Crippen LogP) is 5.65. The average molecular weight is 363 g/mol. The molecule has 2 aromatic carbocycles. The Morgan fingerprint density at radius 3 is 2.07 bits per heavy atom. The molecule has 1 aliphatic heterocycles. The van der Waals surface area contributed by atoms with Gasteiger partial charge in [-0.2, -0.15) is 0 Å². The summed E-state index contributed by atoms with van der Waals surface area (Å²) in [5.74, 6) is 6.99. The van der Waals surface area contributed by atoms with Crippen LogP contribution in [0.4, 0.5) is 0 Å². The Labute approximate surface area is 163 Å². The first kappa shape index (κ1) is 19.5. The molecule has 1 saturated heterocycles. The molecule has 0 bridgehead atoms. The van der Waals surface area contributed by atoms with Crippen molar-refractivity contribution in [2.24, 2.45) is 0 Å². The number of rotatable bonds is 5. The molecule has 1 fully saturated rings. The van der Waals surface area contributed by atoms with Gasteiger partial charge in [0.05, 0.1) is 6.61 Å². The molecular formula is C25H30O2. The lowest BCUT2D eigenvalue weighted by atomic mass is 9.70. The predicted molar refractivity (Wildman–Crippen MR) is 111 cm³/mol. The maximum atomic E-state index is 9.93. The molecule has 1 unspecified atom stereocenters. The summed E-state index contributed by atoms with van der Waals surface area (Å²) < 4.78 is 5.50. The summed E-state index contributed by atoms with van der Waals surface area (Å²) in [7, 11) is 0. The minimum atomic E-state index is -0.203. The second-order valence-corrected chi connectivity index (χ2v) is 7.71. The molecule has 0 spiro atoms. The molecule has 2 aromatic rings. The quantitative estimate of drug-likeness (QED) is 0.551. The Bertz CT molecular complexity index is 890. The first-order valence-corrected chi connectivity index (χ1v) is 9.98. The van der Waals surface area contributed by atoms with Gasteiger partial charge in [-0.1, -0.05) is 56.9 Å². The summed E-state index contributed by atoms with van der Waals surface area (Å²) in [6, 6.07) is 12.7. The summed E-state index contributed by atoms with van der Waals surface area (Å²) in [6.07, 6.45) is 2.95. The highest BCUT2D eigenvalue weighted by Crippen LogP contribution is 2.40. The second kappa shape index (κ2) is 7.41. The topological polar surface area (TPSA) is 32.8 Å². The van der Waals surface area contributed by atoms with Crippen LogP contribution in [0.2, 0.25) is 0 Å². The smallest absolute Gasteiger partial charge is 0.152 e. The van der Waals surface area contributed by atoms with E-state index in [0.717, 1.165) is 37.0 Å². The van der Waals surface area contributed by atoms with Gasteiger partial charge in [-0.05, 0) is 67.5 Å². The Morgan fingerprint density at radius 2 is 1.59 bits per heavy atom. The highest BCUT2D eigenvalue weighted by atomic mass is 16.6. The van der Waals surface area contributed by atoms with E-state index in [1.807, 2.05) is 13.0 Å². The van der Waals surface area contributed by atoms with Crippen LogP contribution in [-0.2, 0) is 10.2 Å². The van der Waals surface area contributed by atoms with E-state index in [2.05, 4.69) is 69.9 Å². The summed E-state index contributed by atoms with van der Waals surface area (Å²) in [5, 5.41) is 9.93. The van der Waals surface area contributed by atoms with E-state index in [9.17, 15) is 5.11 Å². The lowest BCUT2D eigenvalue weighted by Crippen LogP contribution is -2.26. The van der Waals surface area contributed by atoms with Crippen molar-refractivity contribution in [1.82, 2.24) is 0 Å².